The van der Waals surface area contributed by atoms with Crippen LogP contribution < -0.4 is 0 Å². The van der Waals surface area contributed by atoms with Crippen molar-refractivity contribution < 1.29 is 0 Å². The van der Waals surface area contributed by atoms with Gasteiger partial charge in [0.05, 0.1) is 4.83 Å². The summed E-state index contributed by atoms with van der Waals surface area (Å²) in [5, 5.41) is 0.771. The molecule has 2 rings (SSSR count). The van der Waals surface area contributed by atoms with E-state index < -0.39 is 0 Å². The average molecular weight is 417 g/mol. The minimum absolute atomic E-state index is 0.120. The Labute approximate surface area is 142 Å². The van der Waals surface area contributed by atoms with Crippen LogP contribution in [0.15, 0.2) is 46.9 Å². The molecule has 3 heteroatoms. The first-order valence-corrected chi connectivity index (χ1v) is 8.80. The van der Waals surface area contributed by atoms with Gasteiger partial charge >= 0.3 is 0 Å². The second kappa shape index (κ2) is 7.11. The minimum atomic E-state index is 0.120. The third-order valence-electron chi connectivity index (χ3n) is 3.65. The fraction of sp³-hybridized carbons (Fsp3) is 0.294. The van der Waals surface area contributed by atoms with Crippen molar-refractivity contribution in [3.05, 3.63) is 68.7 Å². The summed E-state index contributed by atoms with van der Waals surface area (Å²) in [6.07, 6.45) is 1.16. The molecule has 0 bridgehead atoms. The number of alkyl halides is 1. The Bertz CT molecular complexity index is 578. The molecule has 106 valence electrons. The third kappa shape index (κ3) is 3.66. The van der Waals surface area contributed by atoms with Gasteiger partial charge in [0.2, 0.25) is 0 Å². The highest BCUT2D eigenvalue weighted by atomic mass is 79.9. The van der Waals surface area contributed by atoms with Crippen molar-refractivity contribution in [3.63, 3.8) is 0 Å². The van der Waals surface area contributed by atoms with Gasteiger partial charge in [-0.05, 0) is 41.2 Å². The van der Waals surface area contributed by atoms with E-state index in [1.807, 2.05) is 12.1 Å². The van der Waals surface area contributed by atoms with Gasteiger partial charge in [-0.1, -0.05) is 87.6 Å². The lowest BCUT2D eigenvalue weighted by Gasteiger charge is -2.15. The van der Waals surface area contributed by atoms with Crippen molar-refractivity contribution in [2.45, 2.75) is 31.0 Å². The Kier molecular flexibility index (Phi) is 5.71. The summed E-state index contributed by atoms with van der Waals surface area (Å²) in [4.78, 5) is 0.120. The van der Waals surface area contributed by atoms with Gasteiger partial charge in [-0.25, -0.2) is 0 Å². The lowest BCUT2D eigenvalue weighted by Crippen LogP contribution is -1.96. The van der Waals surface area contributed by atoms with Gasteiger partial charge in [0.15, 0.2) is 0 Å². The summed E-state index contributed by atoms with van der Waals surface area (Å²) in [6.45, 7) is 4.47. The molecule has 0 aliphatic carbocycles. The van der Waals surface area contributed by atoms with Crippen LogP contribution in [-0.4, -0.2) is 0 Å². The van der Waals surface area contributed by atoms with E-state index in [0.29, 0.717) is 5.92 Å². The van der Waals surface area contributed by atoms with Gasteiger partial charge in [0, 0.05) is 9.50 Å². The van der Waals surface area contributed by atoms with E-state index in [-0.39, 0.29) is 4.83 Å². The lowest BCUT2D eigenvalue weighted by atomic mass is 9.96. The zero-order chi connectivity index (χ0) is 14.7. The van der Waals surface area contributed by atoms with Crippen molar-refractivity contribution in [1.82, 2.24) is 0 Å². The van der Waals surface area contributed by atoms with Gasteiger partial charge < -0.3 is 0 Å². The predicted molar refractivity (Wildman–Crippen MR) is 95.1 cm³/mol. The van der Waals surface area contributed by atoms with Crippen LogP contribution >= 0.6 is 43.5 Å². The van der Waals surface area contributed by atoms with Crippen LogP contribution in [0.1, 0.15) is 47.7 Å². The smallest absolute Gasteiger partial charge is 0.0659 e. The zero-order valence-corrected chi connectivity index (χ0v) is 15.5. The molecule has 0 saturated carbocycles. The van der Waals surface area contributed by atoms with Gasteiger partial charge in [0.1, 0.15) is 0 Å². The maximum atomic E-state index is 6.32. The first-order valence-electron chi connectivity index (χ1n) is 6.71. The zero-order valence-electron chi connectivity index (χ0n) is 11.5. The van der Waals surface area contributed by atoms with Gasteiger partial charge in [0.25, 0.3) is 0 Å². The van der Waals surface area contributed by atoms with E-state index in [0.717, 1.165) is 21.5 Å². The molecule has 0 amide bonds. The van der Waals surface area contributed by atoms with Gasteiger partial charge in [-0.3, -0.25) is 0 Å². The summed E-state index contributed by atoms with van der Waals surface area (Å²) in [5.41, 5.74) is 3.70. The molecule has 0 fully saturated rings. The van der Waals surface area contributed by atoms with Crippen LogP contribution in [0, 0.1) is 0 Å². The molecular weight excluding hydrogens is 399 g/mol. The quantitative estimate of drug-likeness (QED) is 0.466. The van der Waals surface area contributed by atoms with Crippen LogP contribution in [0.25, 0.3) is 0 Å². The highest BCUT2D eigenvalue weighted by Crippen LogP contribution is 2.36. The van der Waals surface area contributed by atoms with Crippen molar-refractivity contribution in [2.75, 3.05) is 0 Å². The topological polar surface area (TPSA) is 0 Å². The molecule has 0 N–H and O–H groups in total. The standard InChI is InChI=1S/C17H17Br2Cl/c1-3-11(2)12-4-6-13(7-5-12)17(19)15-9-8-14(18)10-16(15)20/h4-11,17H,3H2,1-2H3. The van der Waals surface area contributed by atoms with Crippen molar-refractivity contribution in [3.8, 4) is 0 Å². The monoisotopic (exact) mass is 414 g/mol. The van der Waals surface area contributed by atoms with E-state index in [1.165, 1.54) is 11.1 Å². The van der Waals surface area contributed by atoms with Crippen LogP contribution in [0.3, 0.4) is 0 Å². The molecule has 0 aromatic heterocycles. The molecule has 0 spiro atoms. The lowest BCUT2D eigenvalue weighted by molar-refractivity contribution is 0.733. The number of benzene rings is 2. The summed E-state index contributed by atoms with van der Waals surface area (Å²) in [6, 6.07) is 14.8. The Balaban J connectivity index is 2.26. The van der Waals surface area contributed by atoms with E-state index in [4.69, 9.17) is 11.6 Å². The second-order valence-electron chi connectivity index (χ2n) is 5.00. The highest BCUT2D eigenvalue weighted by molar-refractivity contribution is 9.10. The number of hydrogen-bond donors (Lipinski definition) is 0. The maximum absolute atomic E-state index is 6.32. The number of rotatable bonds is 4. The molecular formula is C17H17Br2Cl. The van der Waals surface area contributed by atoms with E-state index in [2.05, 4.69) is 76.0 Å². The normalized spacial score (nSPS) is 14.1. The largest absolute Gasteiger partial charge is 0.0839 e. The van der Waals surface area contributed by atoms with E-state index in [9.17, 15) is 0 Å². The first-order chi connectivity index (χ1) is 9.52. The minimum Gasteiger partial charge on any atom is -0.0839 e. The predicted octanol–water partition coefficient (Wildman–Crippen LogP) is 7.10. The molecule has 20 heavy (non-hydrogen) atoms. The molecule has 0 nitrogen and oxygen atoms in total. The second-order valence-corrected chi connectivity index (χ2v) is 7.24. The molecule has 0 aliphatic rings. The van der Waals surface area contributed by atoms with Crippen LogP contribution in [0.4, 0.5) is 0 Å². The van der Waals surface area contributed by atoms with Crippen molar-refractivity contribution in [2.24, 2.45) is 0 Å². The van der Waals surface area contributed by atoms with Crippen molar-refractivity contribution >= 4 is 43.5 Å². The highest BCUT2D eigenvalue weighted by Gasteiger charge is 2.14. The molecule has 2 atom stereocenters. The molecule has 0 radical (unpaired) electrons. The summed E-state index contributed by atoms with van der Waals surface area (Å²) in [7, 11) is 0. The fourth-order valence-corrected chi connectivity index (χ4v) is 3.73. The Hall–Kier alpha value is -0.310. The summed E-state index contributed by atoms with van der Waals surface area (Å²) < 4.78 is 0.998. The van der Waals surface area contributed by atoms with E-state index >= 15 is 0 Å². The maximum Gasteiger partial charge on any atom is 0.0659 e. The number of hydrogen-bond acceptors (Lipinski definition) is 0. The number of halogens is 3. The van der Waals surface area contributed by atoms with Crippen LogP contribution in [0.5, 0.6) is 0 Å². The van der Waals surface area contributed by atoms with Crippen LogP contribution in [0.2, 0.25) is 5.02 Å². The third-order valence-corrected chi connectivity index (χ3v) is 5.49. The summed E-state index contributed by atoms with van der Waals surface area (Å²) in [5.74, 6) is 0.606. The molecule has 0 aliphatic heterocycles. The van der Waals surface area contributed by atoms with Gasteiger partial charge in [-0.2, -0.15) is 0 Å². The molecule has 2 aromatic rings. The first kappa shape index (κ1) is 16.1. The Morgan fingerprint density at radius 1 is 1.05 bits per heavy atom. The summed E-state index contributed by atoms with van der Waals surface area (Å²) >= 11 is 13.5. The van der Waals surface area contributed by atoms with E-state index in [1.54, 1.807) is 0 Å². The molecule has 2 unspecified atom stereocenters. The Morgan fingerprint density at radius 2 is 1.65 bits per heavy atom. The van der Waals surface area contributed by atoms with Crippen LogP contribution in [-0.2, 0) is 0 Å². The molecule has 0 saturated heterocycles. The molecule has 2 aromatic carbocycles. The fourth-order valence-electron chi connectivity index (χ4n) is 2.12. The molecule has 0 heterocycles. The Morgan fingerprint density at radius 3 is 2.20 bits per heavy atom. The average Bonchev–Trinajstić information content (AvgIpc) is 2.46. The SMILES string of the molecule is CCC(C)c1ccc(C(Br)c2ccc(Br)cc2Cl)cc1. The van der Waals surface area contributed by atoms with Gasteiger partial charge in [-0.15, -0.1) is 0 Å². The van der Waals surface area contributed by atoms with Crippen molar-refractivity contribution in [1.29, 1.82) is 0 Å².